The first-order valence-corrected chi connectivity index (χ1v) is 11.7. The smallest absolute Gasteiger partial charge is 0.231 e. The van der Waals surface area contributed by atoms with Gasteiger partial charge in [-0.05, 0) is 74.7 Å². The van der Waals surface area contributed by atoms with Crippen LogP contribution in [0.25, 0.3) is 0 Å². The molecule has 1 aromatic rings. The fourth-order valence-corrected chi connectivity index (χ4v) is 7.44. The maximum Gasteiger partial charge on any atom is 0.231 e. The number of ether oxygens (including phenoxy) is 3. The minimum atomic E-state index is -0.605. The summed E-state index contributed by atoms with van der Waals surface area (Å²) in [5, 5.41) is 3.39. The lowest BCUT2D eigenvalue weighted by molar-refractivity contribution is -0.188. The molecule has 0 spiro atoms. The van der Waals surface area contributed by atoms with E-state index in [-0.39, 0.29) is 11.5 Å². The highest BCUT2D eigenvalue weighted by Gasteiger charge is 2.58. The van der Waals surface area contributed by atoms with Gasteiger partial charge in [-0.3, -0.25) is 4.79 Å². The largest absolute Gasteiger partial charge is 0.496 e. The third-order valence-electron chi connectivity index (χ3n) is 8.83. The van der Waals surface area contributed by atoms with E-state index in [4.69, 9.17) is 14.2 Å². The first-order chi connectivity index (χ1) is 14.6. The Morgan fingerprint density at radius 2 is 1.67 bits per heavy atom. The standard InChI is InChI=1S/C25H35NO4/c1-28-22-6-4-3-5-21(22)24(7-9-30-10-8-24)23(27)26-16-25(29-2)19-12-17-11-18(14-19)15-20(25)13-17/h3-6,17-20H,7-16H2,1-2H3,(H,26,27). The molecule has 6 rings (SSSR count). The molecule has 1 amide bonds. The third kappa shape index (κ3) is 3.08. The van der Waals surface area contributed by atoms with E-state index in [1.54, 1.807) is 7.11 Å². The highest BCUT2D eigenvalue weighted by molar-refractivity contribution is 5.89. The molecule has 0 radical (unpaired) electrons. The van der Waals surface area contributed by atoms with Gasteiger partial charge in [0, 0.05) is 32.4 Å². The predicted octanol–water partition coefficient (Wildman–Crippen LogP) is 3.70. The predicted molar refractivity (Wildman–Crippen MR) is 115 cm³/mol. The maximum atomic E-state index is 13.8. The maximum absolute atomic E-state index is 13.8. The lowest BCUT2D eigenvalue weighted by atomic mass is 9.49. The van der Waals surface area contributed by atoms with Gasteiger partial charge in [0.2, 0.25) is 5.91 Å². The van der Waals surface area contributed by atoms with Crippen LogP contribution in [0.1, 0.15) is 50.5 Å². The van der Waals surface area contributed by atoms with Crippen LogP contribution in [0, 0.1) is 23.7 Å². The van der Waals surface area contributed by atoms with Crippen LogP contribution in [0.15, 0.2) is 24.3 Å². The minimum Gasteiger partial charge on any atom is -0.496 e. The molecule has 5 heteroatoms. The van der Waals surface area contributed by atoms with Crippen LogP contribution in [0.5, 0.6) is 5.75 Å². The van der Waals surface area contributed by atoms with Gasteiger partial charge in [-0.2, -0.15) is 0 Å². The van der Waals surface area contributed by atoms with E-state index < -0.39 is 5.41 Å². The SMILES string of the molecule is COc1ccccc1C1(C(=O)NCC2(OC)C3CC4CC(C3)CC2C4)CCOCC1. The average Bonchev–Trinajstić information content (AvgIpc) is 2.79. The van der Waals surface area contributed by atoms with Crippen molar-refractivity contribution < 1.29 is 19.0 Å². The number of hydrogen-bond donors (Lipinski definition) is 1. The summed E-state index contributed by atoms with van der Waals surface area (Å²) >= 11 is 0. The number of para-hydroxylation sites is 1. The fraction of sp³-hybridized carbons (Fsp3) is 0.720. The summed E-state index contributed by atoms with van der Waals surface area (Å²) in [6.07, 6.45) is 7.83. The van der Waals surface area contributed by atoms with Gasteiger partial charge in [0.15, 0.2) is 0 Å². The van der Waals surface area contributed by atoms with Gasteiger partial charge in [0.05, 0.1) is 18.1 Å². The van der Waals surface area contributed by atoms with Crippen LogP contribution in [-0.4, -0.2) is 45.5 Å². The second kappa shape index (κ2) is 7.83. The van der Waals surface area contributed by atoms with E-state index >= 15 is 0 Å². The Morgan fingerprint density at radius 1 is 1.03 bits per heavy atom. The number of benzene rings is 1. The van der Waals surface area contributed by atoms with Crippen molar-refractivity contribution in [3.63, 3.8) is 0 Å². The van der Waals surface area contributed by atoms with Crippen molar-refractivity contribution in [2.24, 2.45) is 23.7 Å². The Bertz CT molecular complexity index is 757. The fourth-order valence-electron chi connectivity index (χ4n) is 7.44. The van der Waals surface area contributed by atoms with E-state index in [1.807, 2.05) is 31.4 Å². The van der Waals surface area contributed by atoms with Crippen molar-refractivity contribution in [1.82, 2.24) is 5.32 Å². The number of rotatable bonds is 6. The van der Waals surface area contributed by atoms with E-state index in [0.29, 0.717) is 44.4 Å². The molecule has 1 N–H and O–H groups in total. The lowest BCUT2D eigenvalue weighted by Gasteiger charge is -2.60. The molecule has 0 aromatic heterocycles. The number of carbonyl (C=O) groups excluding carboxylic acids is 1. The van der Waals surface area contributed by atoms with Crippen LogP contribution < -0.4 is 10.1 Å². The van der Waals surface area contributed by atoms with Crippen molar-refractivity contribution in [2.45, 2.75) is 56.0 Å². The summed E-state index contributed by atoms with van der Waals surface area (Å²) in [6, 6.07) is 7.95. The zero-order valence-corrected chi connectivity index (χ0v) is 18.3. The minimum absolute atomic E-state index is 0.0977. The Balaban J connectivity index is 1.40. The van der Waals surface area contributed by atoms with E-state index in [1.165, 1.54) is 32.1 Å². The molecule has 1 aliphatic heterocycles. The molecule has 4 bridgehead atoms. The Morgan fingerprint density at radius 3 is 2.27 bits per heavy atom. The Hall–Kier alpha value is -1.59. The molecule has 5 fully saturated rings. The Kier molecular flexibility index (Phi) is 5.30. The summed E-state index contributed by atoms with van der Waals surface area (Å²) in [4.78, 5) is 13.8. The van der Waals surface area contributed by atoms with Crippen molar-refractivity contribution >= 4 is 5.91 Å². The van der Waals surface area contributed by atoms with Crippen LogP contribution >= 0.6 is 0 Å². The monoisotopic (exact) mass is 413 g/mol. The van der Waals surface area contributed by atoms with Gasteiger partial charge in [0.1, 0.15) is 5.75 Å². The molecule has 1 saturated heterocycles. The summed E-state index contributed by atoms with van der Waals surface area (Å²) < 4.78 is 17.6. The van der Waals surface area contributed by atoms with Crippen molar-refractivity contribution in [3.05, 3.63) is 29.8 Å². The molecular weight excluding hydrogens is 378 g/mol. The van der Waals surface area contributed by atoms with Gasteiger partial charge < -0.3 is 19.5 Å². The zero-order chi connectivity index (χ0) is 20.8. The van der Waals surface area contributed by atoms with Crippen molar-refractivity contribution in [1.29, 1.82) is 0 Å². The van der Waals surface area contributed by atoms with Gasteiger partial charge in [0.25, 0.3) is 0 Å². The van der Waals surface area contributed by atoms with Crippen LogP contribution in [0.3, 0.4) is 0 Å². The normalized spacial score (nSPS) is 36.5. The average molecular weight is 414 g/mol. The molecule has 5 aliphatic rings. The van der Waals surface area contributed by atoms with Crippen molar-refractivity contribution in [3.8, 4) is 5.75 Å². The molecular formula is C25H35NO4. The summed E-state index contributed by atoms with van der Waals surface area (Å²) in [5.74, 6) is 3.79. The molecule has 5 nitrogen and oxygen atoms in total. The van der Waals surface area contributed by atoms with Gasteiger partial charge >= 0.3 is 0 Å². The second-order valence-corrected chi connectivity index (χ2v) is 10.0. The quantitative estimate of drug-likeness (QED) is 0.773. The molecule has 30 heavy (non-hydrogen) atoms. The van der Waals surface area contributed by atoms with Gasteiger partial charge in [-0.15, -0.1) is 0 Å². The van der Waals surface area contributed by atoms with Crippen LogP contribution in [-0.2, 0) is 19.7 Å². The number of hydrogen-bond acceptors (Lipinski definition) is 4. The van der Waals surface area contributed by atoms with E-state index in [0.717, 1.165) is 23.1 Å². The van der Waals surface area contributed by atoms with Gasteiger partial charge in [-0.1, -0.05) is 18.2 Å². The number of methoxy groups -OCH3 is 2. The second-order valence-electron chi connectivity index (χ2n) is 10.0. The van der Waals surface area contributed by atoms with E-state index in [2.05, 4.69) is 5.32 Å². The molecule has 0 atom stereocenters. The van der Waals surface area contributed by atoms with Crippen LogP contribution in [0.4, 0.5) is 0 Å². The highest BCUT2D eigenvalue weighted by atomic mass is 16.5. The number of nitrogens with one attached hydrogen (secondary N) is 1. The molecule has 1 aromatic carbocycles. The van der Waals surface area contributed by atoms with Crippen molar-refractivity contribution in [2.75, 3.05) is 34.0 Å². The molecule has 1 heterocycles. The molecule has 4 saturated carbocycles. The summed E-state index contributed by atoms with van der Waals surface area (Å²) in [6.45, 7) is 1.81. The topological polar surface area (TPSA) is 56.8 Å². The highest BCUT2D eigenvalue weighted by Crippen LogP contribution is 2.59. The molecule has 4 aliphatic carbocycles. The van der Waals surface area contributed by atoms with Gasteiger partial charge in [-0.25, -0.2) is 0 Å². The molecule has 164 valence electrons. The number of amides is 1. The lowest BCUT2D eigenvalue weighted by Crippen LogP contribution is -2.64. The van der Waals surface area contributed by atoms with Crippen LogP contribution in [0.2, 0.25) is 0 Å². The molecule has 0 unspecified atom stereocenters. The third-order valence-corrected chi connectivity index (χ3v) is 8.83. The summed E-state index contributed by atoms with van der Waals surface area (Å²) in [5.41, 5.74) is 0.173. The summed E-state index contributed by atoms with van der Waals surface area (Å²) in [7, 11) is 3.54. The Labute approximate surface area is 179 Å². The first kappa shape index (κ1) is 20.3. The first-order valence-electron chi connectivity index (χ1n) is 11.7. The number of carbonyl (C=O) groups is 1. The zero-order valence-electron chi connectivity index (χ0n) is 18.3. The van der Waals surface area contributed by atoms with E-state index in [9.17, 15) is 4.79 Å².